The molecule has 0 fully saturated rings. The minimum atomic E-state index is -0.345. The van der Waals surface area contributed by atoms with E-state index < -0.39 is 0 Å². The number of ether oxygens (including phenoxy) is 1. The Morgan fingerprint density at radius 2 is 2.00 bits per heavy atom. The van der Waals surface area contributed by atoms with Crippen molar-refractivity contribution in [1.82, 2.24) is 5.32 Å². The van der Waals surface area contributed by atoms with Gasteiger partial charge >= 0.3 is 5.63 Å². The fourth-order valence-corrected chi connectivity index (χ4v) is 3.77. The quantitative estimate of drug-likeness (QED) is 0.531. The van der Waals surface area contributed by atoms with E-state index in [0.29, 0.717) is 23.5 Å². The van der Waals surface area contributed by atoms with Crippen molar-refractivity contribution in [1.29, 1.82) is 0 Å². The van der Waals surface area contributed by atoms with Gasteiger partial charge in [0, 0.05) is 17.1 Å². The molecule has 0 radical (unpaired) electrons. The number of aryl methyl sites for hydroxylation is 1. The second-order valence-corrected chi connectivity index (χ2v) is 7.23. The van der Waals surface area contributed by atoms with E-state index in [9.17, 15) is 4.79 Å². The molecule has 0 amide bonds. The number of nitrogens with one attached hydrogen (secondary N) is 2. The van der Waals surface area contributed by atoms with Gasteiger partial charge in [0.05, 0.1) is 18.2 Å². The molecule has 1 aliphatic heterocycles. The van der Waals surface area contributed by atoms with Gasteiger partial charge in [-0.25, -0.2) is 4.79 Å². The summed E-state index contributed by atoms with van der Waals surface area (Å²) in [5.74, 6) is 0.694. The van der Waals surface area contributed by atoms with Crippen LogP contribution in [0.4, 0.5) is 5.69 Å². The molecule has 2 N–H and O–H groups in total. The molecule has 138 valence electrons. The normalized spacial score (nSPS) is 16.1. The van der Waals surface area contributed by atoms with E-state index in [-0.39, 0.29) is 11.7 Å². The van der Waals surface area contributed by atoms with Crippen LogP contribution in [0, 0.1) is 6.92 Å². The third-order valence-electron chi connectivity index (χ3n) is 4.30. The van der Waals surface area contributed by atoms with E-state index in [0.717, 1.165) is 16.2 Å². The highest BCUT2D eigenvalue weighted by Gasteiger charge is 2.20. The zero-order valence-electron chi connectivity index (χ0n) is 15.1. The number of fused-ring (bicyclic) bond motifs is 1. The molecule has 1 atom stereocenters. The molecule has 6 heteroatoms. The van der Waals surface area contributed by atoms with Crippen molar-refractivity contribution in [3.8, 4) is 5.75 Å². The van der Waals surface area contributed by atoms with Gasteiger partial charge in [0.25, 0.3) is 0 Å². The Kier molecular flexibility index (Phi) is 4.83. The predicted octanol–water partition coefficient (Wildman–Crippen LogP) is 3.88. The third kappa shape index (κ3) is 3.82. The molecule has 0 saturated heterocycles. The second-order valence-electron chi connectivity index (χ2n) is 6.32. The lowest BCUT2D eigenvalue weighted by Crippen LogP contribution is -2.32. The molecule has 0 aliphatic carbocycles. The van der Waals surface area contributed by atoms with E-state index in [4.69, 9.17) is 9.15 Å². The molecule has 3 aromatic rings. The first-order valence-electron chi connectivity index (χ1n) is 8.80. The number of hydrogen-bond donors (Lipinski definition) is 2. The average molecular weight is 380 g/mol. The van der Waals surface area contributed by atoms with Crippen molar-refractivity contribution in [2.75, 3.05) is 11.9 Å². The summed E-state index contributed by atoms with van der Waals surface area (Å²) in [6.45, 7) is 4.54. The van der Waals surface area contributed by atoms with E-state index in [1.165, 1.54) is 16.5 Å². The first-order chi connectivity index (χ1) is 13.1. The monoisotopic (exact) mass is 380 g/mol. The number of hydrogen-bond acceptors (Lipinski definition) is 5. The average Bonchev–Trinajstić information content (AvgIpc) is 3.11. The molecular weight excluding hydrogens is 360 g/mol. The number of benzene rings is 2. The minimum Gasteiger partial charge on any atom is -0.494 e. The summed E-state index contributed by atoms with van der Waals surface area (Å²) in [7, 11) is 1.54. The summed E-state index contributed by atoms with van der Waals surface area (Å²) in [6, 6.07) is 15.4. The van der Waals surface area contributed by atoms with Crippen LogP contribution >= 0.6 is 10.9 Å². The van der Waals surface area contributed by atoms with Crippen LogP contribution in [0.5, 0.6) is 5.75 Å². The van der Waals surface area contributed by atoms with Gasteiger partial charge in [-0.2, -0.15) is 0 Å². The molecule has 0 unspecified atom stereocenters. The fourth-order valence-electron chi connectivity index (χ4n) is 2.91. The van der Waals surface area contributed by atoms with Gasteiger partial charge in [0.2, 0.25) is 0 Å². The molecule has 4 rings (SSSR count). The summed E-state index contributed by atoms with van der Waals surface area (Å²) < 4.78 is 11.0. The van der Waals surface area contributed by atoms with Crippen LogP contribution in [0.3, 0.4) is 0 Å². The Morgan fingerprint density at radius 1 is 1.19 bits per heavy atom. The molecule has 2 heterocycles. The van der Waals surface area contributed by atoms with Gasteiger partial charge in [-0.05, 0) is 49.5 Å². The maximum Gasteiger partial charge on any atom is 0.341 e. The smallest absolute Gasteiger partial charge is 0.341 e. The van der Waals surface area contributed by atoms with E-state index in [1.807, 2.05) is 42.6 Å². The van der Waals surface area contributed by atoms with Gasteiger partial charge in [0.15, 0.2) is 0 Å². The molecular formula is C21H20N2O3S. The highest BCUT2D eigenvalue weighted by atomic mass is 32.1. The van der Waals surface area contributed by atoms with Crippen molar-refractivity contribution >= 4 is 38.1 Å². The summed E-state index contributed by atoms with van der Waals surface area (Å²) in [5, 5.41) is 10.4. The van der Waals surface area contributed by atoms with Gasteiger partial charge < -0.3 is 14.5 Å². The Bertz CT molecular complexity index is 1110. The fraction of sp³-hybridized carbons (Fsp3) is 0.190. The Labute approximate surface area is 160 Å². The molecule has 0 spiro atoms. The maximum absolute atomic E-state index is 12.5. The lowest BCUT2D eigenvalue weighted by atomic mass is 10.1. The molecule has 1 aromatic heterocycles. The first kappa shape index (κ1) is 17.6. The molecule has 1 aliphatic rings. The topological polar surface area (TPSA) is 63.5 Å². The second kappa shape index (κ2) is 7.42. The van der Waals surface area contributed by atoms with Crippen molar-refractivity contribution in [2.24, 2.45) is 0 Å². The van der Waals surface area contributed by atoms with Gasteiger partial charge in [-0.1, -0.05) is 17.7 Å². The van der Waals surface area contributed by atoms with Crippen LogP contribution in [-0.2, 0) is 0 Å². The molecule has 27 heavy (non-hydrogen) atoms. The van der Waals surface area contributed by atoms with Crippen molar-refractivity contribution in [2.45, 2.75) is 19.9 Å². The van der Waals surface area contributed by atoms with Crippen LogP contribution in [0.2, 0.25) is 0 Å². The third-order valence-corrected chi connectivity index (χ3v) is 5.16. The molecule has 0 saturated carbocycles. The van der Waals surface area contributed by atoms with E-state index >= 15 is 0 Å². The number of anilines is 1. The lowest BCUT2D eigenvalue weighted by molar-refractivity contribution is 0.340. The molecule has 2 aromatic carbocycles. The number of rotatable bonds is 4. The van der Waals surface area contributed by atoms with E-state index in [2.05, 4.69) is 29.7 Å². The maximum atomic E-state index is 12.5. The van der Waals surface area contributed by atoms with Crippen LogP contribution in [0.15, 0.2) is 57.7 Å². The summed E-state index contributed by atoms with van der Waals surface area (Å²) in [6.07, 6.45) is 0. The largest absolute Gasteiger partial charge is 0.494 e. The predicted molar refractivity (Wildman–Crippen MR) is 113 cm³/mol. The van der Waals surface area contributed by atoms with Crippen molar-refractivity contribution in [3.05, 3.63) is 70.1 Å². The van der Waals surface area contributed by atoms with Crippen LogP contribution in [-0.4, -0.2) is 17.1 Å². The lowest BCUT2D eigenvalue weighted by Gasteiger charge is -2.13. The zero-order valence-corrected chi connectivity index (χ0v) is 15.9. The highest BCUT2D eigenvalue weighted by Crippen LogP contribution is 2.23. The zero-order chi connectivity index (χ0) is 18.8. The summed E-state index contributed by atoms with van der Waals surface area (Å²) >= 11 is 0. The van der Waals surface area contributed by atoms with Gasteiger partial charge in [0.1, 0.15) is 16.4 Å². The Hall–Kier alpha value is -2.83. The molecule has 5 nitrogen and oxygen atoms in total. The Morgan fingerprint density at radius 3 is 2.78 bits per heavy atom. The van der Waals surface area contributed by atoms with Crippen LogP contribution < -0.4 is 21.0 Å². The Balaban J connectivity index is 1.54. The van der Waals surface area contributed by atoms with Gasteiger partial charge in [-0.15, -0.1) is 10.9 Å². The van der Waals surface area contributed by atoms with Crippen LogP contribution in [0.25, 0.3) is 11.0 Å². The van der Waals surface area contributed by atoms with Gasteiger partial charge in [-0.3, -0.25) is 5.32 Å². The van der Waals surface area contributed by atoms with Crippen LogP contribution in [0.1, 0.15) is 24.1 Å². The highest BCUT2D eigenvalue weighted by molar-refractivity contribution is 7.97. The SMILES string of the molecule is CCOc1ccc2cc([C@@H]3C=S=C(Nc4ccc(C)cc4)N3)c(=O)oc2c1. The van der Waals surface area contributed by atoms with Crippen molar-refractivity contribution < 1.29 is 9.15 Å². The summed E-state index contributed by atoms with van der Waals surface area (Å²) in [5.41, 5.74) is 2.98. The standard InChI is InChI=1S/C21H20N2O3S/c1-3-25-16-9-6-14-10-17(20(24)26-19(14)11-16)18-12-27-21(23-18)22-15-7-4-13(2)5-8-15/h4-12,18,22-23H,3H2,1-2H3/t18-/m0/s1. The first-order valence-corrected chi connectivity index (χ1v) is 9.68. The van der Waals surface area contributed by atoms with Crippen molar-refractivity contribution in [3.63, 3.8) is 0 Å². The summed E-state index contributed by atoms with van der Waals surface area (Å²) in [4.78, 5) is 12.5. The minimum absolute atomic E-state index is 0.213. The van der Waals surface area contributed by atoms with E-state index in [1.54, 1.807) is 6.07 Å². The molecule has 0 bridgehead atoms.